The standard InChI is InChI=1S/C21H21N3O4/c25-21(20-19-16(14-28-20)7-4-8-18(19)24(26)27)22-17-9-11-23(12-10-17)13-15-5-2-1-3-6-15/h1-8,14,17H,9-13H2,(H,22,25). The highest BCUT2D eigenvalue weighted by molar-refractivity contribution is 6.08. The third kappa shape index (κ3) is 3.75. The van der Waals surface area contributed by atoms with E-state index in [2.05, 4.69) is 22.3 Å². The second kappa shape index (κ2) is 7.82. The molecule has 1 aromatic heterocycles. The van der Waals surface area contributed by atoms with Crippen molar-refractivity contribution in [1.29, 1.82) is 0 Å². The Morgan fingerprint density at radius 3 is 2.61 bits per heavy atom. The van der Waals surface area contributed by atoms with Crippen LogP contribution < -0.4 is 5.32 Å². The molecule has 28 heavy (non-hydrogen) atoms. The van der Waals surface area contributed by atoms with Crippen molar-refractivity contribution in [2.75, 3.05) is 13.1 Å². The van der Waals surface area contributed by atoms with Gasteiger partial charge in [0.05, 0.1) is 11.2 Å². The maximum atomic E-state index is 12.7. The van der Waals surface area contributed by atoms with Gasteiger partial charge in [-0.1, -0.05) is 42.5 Å². The molecule has 2 aromatic carbocycles. The minimum atomic E-state index is -0.489. The Morgan fingerprint density at radius 2 is 1.89 bits per heavy atom. The van der Waals surface area contributed by atoms with Crippen molar-refractivity contribution in [3.8, 4) is 0 Å². The Balaban J connectivity index is 1.40. The fourth-order valence-corrected chi connectivity index (χ4v) is 3.73. The predicted molar refractivity (Wildman–Crippen MR) is 105 cm³/mol. The van der Waals surface area contributed by atoms with Gasteiger partial charge >= 0.3 is 0 Å². The molecule has 3 aromatic rings. The van der Waals surface area contributed by atoms with E-state index in [4.69, 9.17) is 4.42 Å². The first-order valence-corrected chi connectivity index (χ1v) is 9.33. The van der Waals surface area contributed by atoms with Crippen molar-refractivity contribution in [3.63, 3.8) is 0 Å². The fourth-order valence-electron chi connectivity index (χ4n) is 3.73. The van der Waals surface area contributed by atoms with E-state index in [9.17, 15) is 14.9 Å². The average Bonchev–Trinajstić information content (AvgIpc) is 3.14. The zero-order chi connectivity index (χ0) is 19.5. The summed E-state index contributed by atoms with van der Waals surface area (Å²) in [6.07, 6.45) is 3.05. The number of hydrogen-bond acceptors (Lipinski definition) is 5. The largest absolute Gasteiger partial charge is 0.458 e. The molecule has 0 atom stereocenters. The lowest BCUT2D eigenvalue weighted by molar-refractivity contribution is -0.383. The van der Waals surface area contributed by atoms with Crippen molar-refractivity contribution in [2.45, 2.75) is 25.4 Å². The highest BCUT2D eigenvalue weighted by atomic mass is 16.6. The van der Waals surface area contributed by atoms with Crippen LogP contribution in [0.4, 0.5) is 5.69 Å². The van der Waals surface area contributed by atoms with Gasteiger partial charge in [-0.3, -0.25) is 19.8 Å². The lowest BCUT2D eigenvalue weighted by atomic mass is 10.0. The SMILES string of the molecule is O=C(NC1CCN(Cc2ccccc2)CC1)c1occ2cccc([N+](=O)[O-])c12. The molecule has 0 spiro atoms. The Labute approximate surface area is 162 Å². The van der Waals surface area contributed by atoms with Crippen LogP contribution in [-0.4, -0.2) is 34.9 Å². The van der Waals surface area contributed by atoms with E-state index in [1.165, 1.54) is 17.9 Å². The second-order valence-corrected chi connectivity index (χ2v) is 7.07. The Kier molecular flexibility index (Phi) is 5.08. The number of rotatable bonds is 5. The number of amides is 1. The molecule has 1 N–H and O–H groups in total. The number of piperidine rings is 1. The van der Waals surface area contributed by atoms with Gasteiger partial charge in [0.25, 0.3) is 11.6 Å². The first-order chi connectivity index (χ1) is 13.6. The van der Waals surface area contributed by atoms with E-state index in [1.807, 2.05) is 18.2 Å². The highest BCUT2D eigenvalue weighted by Gasteiger charge is 2.26. The minimum absolute atomic E-state index is 0.00835. The molecule has 1 saturated heterocycles. The number of furan rings is 1. The molecule has 1 aliphatic heterocycles. The molecular formula is C21H21N3O4. The number of nitro groups is 1. The monoisotopic (exact) mass is 379 g/mol. The lowest BCUT2D eigenvalue weighted by Gasteiger charge is -2.32. The van der Waals surface area contributed by atoms with Gasteiger partial charge in [-0.25, -0.2) is 0 Å². The maximum Gasteiger partial charge on any atom is 0.288 e. The first kappa shape index (κ1) is 18.2. The van der Waals surface area contributed by atoms with E-state index < -0.39 is 10.8 Å². The summed E-state index contributed by atoms with van der Waals surface area (Å²) in [5, 5.41) is 15.1. The molecule has 7 heteroatoms. The fraction of sp³-hybridized carbons (Fsp3) is 0.286. The number of nitrogens with one attached hydrogen (secondary N) is 1. The molecule has 0 saturated carbocycles. The zero-order valence-corrected chi connectivity index (χ0v) is 15.3. The van der Waals surface area contributed by atoms with Crippen LogP contribution in [0.25, 0.3) is 10.8 Å². The van der Waals surface area contributed by atoms with Gasteiger partial charge < -0.3 is 9.73 Å². The maximum absolute atomic E-state index is 12.7. The van der Waals surface area contributed by atoms with E-state index in [0.717, 1.165) is 32.5 Å². The number of carbonyl (C=O) groups excluding carboxylic acids is 1. The van der Waals surface area contributed by atoms with Gasteiger partial charge in [-0.05, 0) is 18.4 Å². The number of carbonyl (C=O) groups is 1. The molecule has 2 heterocycles. The number of nitro benzene ring substituents is 1. The summed E-state index contributed by atoms with van der Waals surface area (Å²) in [5.74, 6) is -0.389. The summed E-state index contributed by atoms with van der Waals surface area (Å²) >= 11 is 0. The van der Waals surface area contributed by atoms with Crippen LogP contribution in [0.2, 0.25) is 0 Å². The molecule has 0 aliphatic carbocycles. The Morgan fingerprint density at radius 1 is 1.14 bits per heavy atom. The van der Waals surface area contributed by atoms with Crippen LogP contribution in [0, 0.1) is 10.1 Å². The average molecular weight is 379 g/mol. The van der Waals surface area contributed by atoms with Gasteiger partial charge in [0.1, 0.15) is 5.39 Å². The summed E-state index contributed by atoms with van der Waals surface area (Å²) in [6.45, 7) is 2.67. The Hall–Kier alpha value is -3.19. The van der Waals surface area contributed by atoms with Crippen molar-refractivity contribution < 1.29 is 14.1 Å². The summed E-state index contributed by atoms with van der Waals surface area (Å²) < 4.78 is 5.38. The molecule has 7 nitrogen and oxygen atoms in total. The zero-order valence-electron chi connectivity index (χ0n) is 15.3. The molecule has 1 fully saturated rings. The summed E-state index contributed by atoms with van der Waals surface area (Å²) in [7, 11) is 0. The molecule has 1 amide bonds. The number of fused-ring (bicyclic) bond motifs is 1. The minimum Gasteiger partial charge on any atom is -0.458 e. The first-order valence-electron chi connectivity index (χ1n) is 9.33. The van der Waals surface area contributed by atoms with Gasteiger partial charge in [-0.15, -0.1) is 0 Å². The highest BCUT2D eigenvalue weighted by Crippen LogP contribution is 2.30. The van der Waals surface area contributed by atoms with Crippen LogP contribution in [0.5, 0.6) is 0 Å². The summed E-state index contributed by atoms with van der Waals surface area (Å²) in [4.78, 5) is 25.9. The van der Waals surface area contributed by atoms with E-state index in [0.29, 0.717) is 5.39 Å². The number of likely N-dealkylation sites (tertiary alicyclic amines) is 1. The summed E-state index contributed by atoms with van der Waals surface area (Å²) in [5.41, 5.74) is 1.16. The Bertz CT molecular complexity index is 991. The normalized spacial score (nSPS) is 15.6. The van der Waals surface area contributed by atoms with E-state index >= 15 is 0 Å². The van der Waals surface area contributed by atoms with Crippen LogP contribution in [0.3, 0.4) is 0 Å². The van der Waals surface area contributed by atoms with Crippen LogP contribution in [0.1, 0.15) is 29.0 Å². The van der Waals surface area contributed by atoms with Crippen LogP contribution >= 0.6 is 0 Å². The quantitative estimate of drug-likeness (QED) is 0.539. The van der Waals surface area contributed by atoms with Crippen LogP contribution in [-0.2, 0) is 6.54 Å². The number of benzene rings is 2. The smallest absolute Gasteiger partial charge is 0.288 e. The third-order valence-electron chi connectivity index (χ3n) is 5.18. The summed E-state index contributed by atoms with van der Waals surface area (Å²) in [6, 6.07) is 15.0. The van der Waals surface area contributed by atoms with E-state index in [1.54, 1.807) is 12.1 Å². The number of non-ortho nitro benzene ring substituents is 1. The molecule has 144 valence electrons. The molecule has 0 bridgehead atoms. The van der Waals surface area contributed by atoms with Crippen molar-refractivity contribution in [3.05, 3.63) is 76.2 Å². The third-order valence-corrected chi connectivity index (χ3v) is 5.18. The molecule has 0 unspecified atom stereocenters. The number of nitrogens with zero attached hydrogens (tertiary/aromatic N) is 2. The molecule has 1 aliphatic rings. The van der Waals surface area contributed by atoms with Gasteiger partial charge in [-0.2, -0.15) is 0 Å². The molecular weight excluding hydrogens is 358 g/mol. The molecule has 4 rings (SSSR count). The van der Waals surface area contributed by atoms with Crippen molar-refractivity contribution >= 4 is 22.4 Å². The topological polar surface area (TPSA) is 88.6 Å². The second-order valence-electron chi connectivity index (χ2n) is 7.07. The van der Waals surface area contributed by atoms with Crippen molar-refractivity contribution in [1.82, 2.24) is 10.2 Å². The lowest BCUT2D eigenvalue weighted by Crippen LogP contribution is -2.44. The van der Waals surface area contributed by atoms with Crippen molar-refractivity contribution in [2.24, 2.45) is 0 Å². The van der Waals surface area contributed by atoms with E-state index in [-0.39, 0.29) is 22.9 Å². The van der Waals surface area contributed by atoms with Crippen LogP contribution in [0.15, 0.2) is 59.2 Å². The number of hydrogen-bond donors (Lipinski definition) is 1. The van der Waals surface area contributed by atoms with Gasteiger partial charge in [0.2, 0.25) is 5.76 Å². The van der Waals surface area contributed by atoms with Gasteiger partial charge in [0.15, 0.2) is 0 Å². The predicted octanol–water partition coefficient (Wildman–Crippen LogP) is 3.74. The molecule has 0 radical (unpaired) electrons. The van der Waals surface area contributed by atoms with Gasteiger partial charge in [0, 0.05) is 37.1 Å².